The third-order valence-electron chi connectivity index (χ3n) is 2.82. The van der Waals surface area contributed by atoms with E-state index in [2.05, 4.69) is 15.6 Å². The average Bonchev–Trinajstić information content (AvgIpc) is 2.51. The van der Waals surface area contributed by atoms with Gasteiger partial charge in [0.1, 0.15) is 11.6 Å². The summed E-state index contributed by atoms with van der Waals surface area (Å²) in [5, 5.41) is 5.96. The molecule has 0 spiro atoms. The zero-order valence-corrected chi connectivity index (χ0v) is 12.2. The minimum Gasteiger partial charge on any atom is -0.492 e. The number of carbonyl (C=O) groups excluding carboxylic acids is 1. The molecule has 0 saturated heterocycles. The second-order valence-electron chi connectivity index (χ2n) is 4.39. The van der Waals surface area contributed by atoms with Crippen molar-refractivity contribution >= 4 is 23.1 Å². The van der Waals surface area contributed by atoms with Crippen molar-refractivity contribution in [2.24, 2.45) is 0 Å². The Hall–Kier alpha value is -2.56. The summed E-state index contributed by atoms with van der Waals surface area (Å²) < 4.78 is 5.56. The number of aromatic nitrogens is 1. The van der Waals surface area contributed by atoms with Crippen molar-refractivity contribution in [2.45, 2.75) is 20.3 Å². The summed E-state index contributed by atoms with van der Waals surface area (Å²) in [6, 6.07) is 11.3. The van der Waals surface area contributed by atoms with E-state index in [-0.39, 0.29) is 5.91 Å². The number of pyridine rings is 1. The largest absolute Gasteiger partial charge is 0.492 e. The summed E-state index contributed by atoms with van der Waals surface area (Å²) in [5.41, 5.74) is 1.71. The fourth-order valence-electron chi connectivity index (χ4n) is 1.78. The van der Waals surface area contributed by atoms with Gasteiger partial charge in [-0.3, -0.25) is 4.79 Å². The summed E-state index contributed by atoms with van der Waals surface area (Å²) in [5.74, 6) is 1.29. The molecule has 0 aliphatic heterocycles. The molecule has 2 rings (SSSR count). The highest BCUT2D eigenvalue weighted by Crippen LogP contribution is 2.27. The van der Waals surface area contributed by atoms with Crippen LogP contribution in [0.2, 0.25) is 0 Å². The molecule has 2 aromatic rings. The second kappa shape index (κ2) is 7.28. The molecule has 0 atom stereocenters. The van der Waals surface area contributed by atoms with Gasteiger partial charge in [-0.05, 0) is 31.2 Å². The number of benzene rings is 1. The van der Waals surface area contributed by atoms with Crippen LogP contribution < -0.4 is 15.4 Å². The van der Waals surface area contributed by atoms with Gasteiger partial charge in [0.25, 0.3) is 0 Å². The van der Waals surface area contributed by atoms with E-state index in [1.54, 1.807) is 19.2 Å². The maximum atomic E-state index is 11.3. The lowest BCUT2D eigenvalue weighted by Gasteiger charge is -2.12. The molecule has 1 aromatic heterocycles. The van der Waals surface area contributed by atoms with Crippen molar-refractivity contribution in [1.82, 2.24) is 4.98 Å². The Labute approximate surface area is 124 Å². The van der Waals surface area contributed by atoms with Crippen LogP contribution >= 0.6 is 0 Å². The monoisotopic (exact) mass is 285 g/mol. The van der Waals surface area contributed by atoms with Crippen molar-refractivity contribution in [3.05, 3.63) is 42.6 Å². The normalized spacial score (nSPS) is 10.0. The zero-order valence-electron chi connectivity index (χ0n) is 12.2. The molecule has 1 amide bonds. The van der Waals surface area contributed by atoms with Gasteiger partial charge in [0, 0.05) is 6.42 Å². The van der Waals surface area contributed by atoms with Crippen LogP contribution in [0.3, 0.4) is 0 Å². The Balaban J connectivity index is 2.08. The maximum Gasteiger partial charge on any atom is 0.225 e. The molecule has 0 fully saturated rings. The third kappa shape index (κ3) is 4.21. The van der Waals surface area contributed by atoms with Crippen molar-refractivity contribution in [1.29, 1.82) is 0 Å². The van der Waals surface area contributed by atoms with Crippen LogP contribution in [0.5, 0.6) is 5.75 Å². The average molecular weight is 285 g/mol. The topological polar surface area (TPSA) is 63.2 Å². The van der Waals surface area contributed by atoms with Gasteiger partial charge in [-0.1, -0.05) is 19.1 Å². The number of nitrogens with one attached hydrogen (secondary N) is 2. The number of para-hydroxylation sites is 2. The van der Waals surface area contributed by atoms with Crippen LogP contribution in [-0.4, -0.2) is 17.5 Å². The van der Waals surface area contributed by atoms with Crippen molar-refractivity contribution in [3.63, 3.8) is 0 Å². The molecule has 0 unspecified atom stereocenters. The summed E-state index contributed by atoms with van der Waals surface area (Å²) >= 11 is 0. The standard InChI is InChI=1S/C16H19N3O2/c1-3-16(20)19-15-10-9-12(11-17-15)18-13-7-5-6-8-14(13)21-4-2/h5-11,18H,3-4H2,1-2H3,(H,17,19,20). The first kappa shape index (κ1) is 14.8. The third-order valence-corrected chi connectivity index (χ3v) is 2.82. The molecule has 5 heteroatoms. The van der Waals surface area contributed by atoms with Gasteiger partial charge in [0.15, 0.2) is 0 Å². The van der Waals surface area contributed by atoms with E-state index >= 15 is 0 Å². The number of anilines is 3. The molecule has 0 bridgehead atoms. The van der Waals surface area contributed by atoms with E-state index in [4.69, 9.17) is 4.74 Å². The number of amides is 1. The van der Waals surface area contributed by atoms with Crippen LogP contribution in [0, 0.1) is 0 Å². The number of ether oxygens (including phenoxy) is 1. The molecule has 21 heavy (non-hydrogen) atoms. The van der Waals surface area contributed by atoms with Crippen LogP contribution in [-0.2, 0) is 4.79 Å². The van der Waals surface area contributed by atoms with E-state index in [1.807, 2.05) is 37.3 Å². The Morgan fingerprint density at radius 2 is 2.00 bits per heavy atom. The first-order chi connectivity index (χ1) is 10.2. The fraction of sp³-hybridized carbons (Fsp3) is 0.250. The Bertz CT molecular complexity index is 597. The number of rotatable bonds is 6. The van der Waals surface area contributed by atoms with Gasteiger partial charge in [0.05, 0.1) is 24.2 Å². The highest BCUT2D eigenvalue weighted by molar-refractivity contribution is 5.89. The van der Waals surface area contributed by atoms with Crippen LogP contribution in [0.15, 0.2) is 42.6 Å². The second-order valence-corrected chi connectivity index (χ2v) is 4.39. The quantitative estimate of drug-likeness (QED) is 0.851. The summed E-state index contributed by atoms with van der Waals surface area (Å²) in [6.07, 6.45) is 2.11. The minimum absolute atomic E-state index is 0.0510. The van der Waals surface area contributed by atoms with Crippen LogP contribution in [0.1, 0.15) is 20.3 Å². The van der Waals surface area contributed by atoms with Gasteiger partial charge >= 0.3 is 0 Å². The molecule has 0 saturated carbocycles. The predicted octanol–water partition coefficient (Wildman–Crippen LogP) is 3.57. The fourth-order valence-corrected chi connectivity index (χ4v) is 1.78. The van der Waals surface area contributed by atoms with E-state index in [0.29, 0.717) is 18.8 Å². The Morgan fingerprint density at radius 1 is 1.19 bits per heavy atom. The van der Waals surface area contributed by atoms with E-state index < -0.39 is 0 Å². The molecule has 1 heterocycles. The number of carbonyl (C=O) groups is 1. The maximum absolute atomic E-state index is 11.3. The number of nitrogens with zero attached hydrogens (tertiary/aromatic N) is 1. The summed E-state index contributed by atoms with van der Waals surface area (Å²) in [4.78, 5) is 15.5. The SMILES string of the molecule is CCOc1ccccc1Nc1ccc(NC(=O)CC)nc1. The molecule has 0 aliphatic rings. The minimum atomic E-state index is -0.0510. The lowest BCUT2D eigenvalue weighted by Crippen LogP contribution is -2.10. The predicted molar refractivity (Wildman–Crippen MR) is 84.1 cm³/mol. The van der Waals surface area contributed by atoms with E-state index in [1.165, 1.54) is 0 Å². The van der Waals surface area contributed by atoms with Crippen LogP contribution in [0.4, 0.5) is 17.2 Å². The molecule has 0 aliphatic carbocycles. The first-order valence-corrected chi connectivity index (χ1v) is 6.97. The van der Waals surface area contributed by atoms with Gasteiger partial charge in [-0.25, -0.2) is 4.98 Å². The summed E-state index contributed by atoms with van der Waals surface area (Å²) in [6.45, 7) is 4.36. The van der Waals surface area contributed by atoms with Gasteiger partial charge in [-0.15, -0.1) is 0 Å². The molecular weight excluding hydrogens is 266 g/mol. The number of hydrogen-bond acceptors (Lipinski definition) is 4. The van der Waals surface area contributed by atoms with Gasteiger partial charge in [-0.2, -0.15) is 0 Å². The molecule has 2 N–H and O–H groups in total. The van der Waals surface area contributed by atoms with Gasteiger partial charge < -0.3 is 15.4 Å². The van der Waals surface area contributed by atoms with Crippen molar-refractivity contribution in [3.8, 4) is 5.75 Å². The Morgan fingerprint density at radius 3 is 2.67 bits per heavy atom. The lowest BCUT2D eigenvalue weighted by molar-refractivity contribution is -0.115. The molecule has 5 nitrogen and oxygen atoms in total. The first-order valence-electron chi connectivity index (χ1n) is 6.97. The molecule has 110 valence electrons. The number of hydrogen-bond donors (Lipinski definition) is 2. The van der Waals surface area contributed by atoms with E-state index in [0.717, 1.165) is 17.1 Å². The Kier molecular flexibility index (Phi) is 5.15. The summed E-state index contributed by atoms with van der Waals surface area (Å²) in [7, 11) is 0. The highest BCUT2D eigenvalue weighted by Gasteiger charge is 2.04. The van der Waals surface area contributed by atoms with E-state index in [9.17, 15) is 4.79 Å². The highest BCUT2D eigenvalue weighted by atomic mass is 16.5. The molecular formula is C16H19N3O2. The van der Waals surface area contributed by atoms with Crippen molar-refractivity contribution in [2.75, 3.05) is 17.2 Å². The smallest absolute Gasteiger partial charge is 0.225 e. The zero-order chi connectivity index (χ0) is 15.1. The van der Waals surface area contributed by atoms with Gasteiger partial charge in [0.2, 0.25) is 5.91 Å². The molecule has 0 radical (unpaired) electrons. The van der Waals surface area contributed by atoms with Crippen molar-refractivity contribution < 1.29 is 9.53 Å². The lowest BCUT2D eigenvalue weighted by atomic mass is 10.2. The molecule has 1 aromatic carbocycles. The van der Waals surface area contributed by atoms with Crippen LogP contribution in [0.25, 0.3) is 0 Å².